The van der Waals surface area contributed by atoms with Crippen molar-refractivity contribution in [3.8, 4) is 0 Å². The van der Waals surface area contributed by atoms with Crippen LogP contribution in [0.4, 0.5) is 11.6 Å². The Morgan fingerprint density at radius 1 is 1.25 bits per heavy atom. The smallest absolute Gasteiger partial charge is 0.247 e. The van der Waals surface area contributed by atoms with Crippen LogP contribution in [0.1, 0.15) is 35.3 Å². The molecule has 0 saturated carbocycles. The van der Waals surface area contributed by atoms with Gasteiger partial charge in [0.25, 0.3) is 0 Å². The maximum Gasteiger partial charge on any atom is 0.247 e. The van der Waals surface area contributed by atoms with Gasteiger partial charge in [-0.1, -0.05) is 6.07 Å². The maximum absolute atomic E-state index is 12.8. The number of aryl methyl sites for hydroxylation is 1. The zero-order valence-electron chi connectivity index (χ0n) is 15.4. The first-order valence-corrected chi connectivity index (χ1v) is 9.98. The number of amides is 1. The summed E-state index contributed by atoms with van der Waals surface area (Å²) in [6.45, 7) is 2.65. The normalized spacial score (nSPS) is 16.6. The van der Waals surface area contributed by atoms with Crippen molar-refractivity contribution in [2.75, 3.05) is 11.9 Å². The summed E-state index contributed by atoms with van der Waals surface area (Å²) < 4.78 is 0. The molecule has 0 aliphatic carbocycles. The second-order valence-corrected chi connectivity index (χ2v) is 7.51. The first kappa shape index (κ1) is 18.2. The summed E-state index contributed by atoms with van der Waals surface area (Å²) >= 11 is 1.57. The van der Waals surface area contributed by atoms with Crippen molar-refractivity contribution in [3.05, 3.63) is 64.6 Å². The third-order valence-corrected chi connectivity index (χ3v) is 5.31. The first-order valence-electron chi connectivity index (χ1n) is 9.10. The molecule has 1 N–H and O–H groups in total. The van der Waals surface area contributed by atoms with E-state index >= 15 is 0 Å². The molecule has 1 amide bonds. The van der Waals surface area contributed by atoms with Crippen LogP contribution in [-0.4, -0.2) is 37.3 Å². The number of rotatable bonds is 5. The Labute approximate surface area is 167 Å². The van der Waals surface area contributed by atoms with E-state index in [4.69, 9.17) is 0 Å². The van der Waals surface area contributed by atoms with Crippen molar-refractivity contribution in [3.63, 3.8) is 0 Å². The van der Waals surface area contributed by atoms with Crippen LogP contribution in [0.3, 0.4) is 0 Å². The Morgan fingerprint density at radius 2 is 2.14 bits per heavy atom. The van der Waals surface area contributed by atoms with Crippen LogP contribution < -0.4 is 5.32 Å². The molecule has 4 heterocycles. The van der Waals surface area contributed by atoms with Crippen LogP contribution in [0.25, 0.3) is 6.08 Å². The van der Waals surface area contributed by atoms with Crippen molar-refractivity contribution in [1.82, 2.24) is 24.8 Å². The van der Waals surface area contributed by atoms with Gasteiger partial charge in [-0.3, -0.25) is 9.78 Å². The van der Waals surface area contributed by atoms with Gasteiger partial charge in [-0.05, 0) is 38.0 Å². The van der Waals surface area contributed by atoms with Crippen LogP contribution in [0.5, 0.6) is 0 Å². The summed E-state index contributed by atoms with van der Waals surface area (Å²) in [6.07, 6.45) is 10.2. The van der Waals surface area contributed by atoms with E-state index in [1.165, 1.54) is 0 Å². The Balaban J connectivity index is 1.55. The SMILES string of the molecule is Cc1nc(/C=C/C(=O)N2CCC[C@@H]2c2nccnc2Nc2ccccn2)cs1. The number of nitrogens with zero attached hydrogens (tertiary/aromatic N) is 5. The molecule has 0 aromatic carbocycles. The highest BCUT2D eigenvalue weighted by Gasteiger charge is 2.32. The predicted octanol–water partition coefficient (Wildman–Crippen LogP) is 3.76. The van der Waals surface area contributed by atoms with E-state index in [1.807, 2.05) is 35.4 Å². The number of hydrogen-bond acceptors (Lipinski definition) is 7. The largest absolute Gasteiger partial charge is 0.330 e. The third-order valence-electron chi connectivity index (χ3n) is 4.52. The van der Waals surface area contributed by atoms with Gasteiger partial charge in [0.05, 0.1) is 16.7 Å². The van der Waals surface area contributed by atoms with Crippen molar-refractivity contribution in [2.24, 2.45) is 0 Å². The number of pyridine rings is 1. The molecular weight excluding hydrogens is 372 g/mol. The average molecular weight is 392 g/mol. The molecule has 142 valence electrons. The van der Waals surface area contributed by atoms with Crippen molar-refractivity contribution in [2.45, 2.75) is 25.8 Å². The molecule has 1 aliphatic rings. The number of carbonyl (C=O) groups is 1. The van der Waals surface area contributed by atoms with Crippen LogP contribution >= 0.6 is 11.3 Å². The summed E-state index contributed by atoms with van der Waals surface area (Å²) in [6, 6.07) is 5.52. The number of hydrogen-bond donors (Lipinski definition) is 1. The molecule has 0 bridgehead atoms. The van der Waals surface area contributed by atoms with Crippen LogP contribution in [0, 0.1) is 6.92 Å². The Bertz CT molecular complexity index is 987. The van der Waals surface area contributed by atoms with Crippen LogP contribution in [-0.2, 0) is 4.79 Å². The summed E-state index contributed by atoms with van der Waals surface area (Å²) in [5.41, 5.74) is 1.57. The maximum atomic E-state index is 12.8. The number of thiazole rings is 1. The van der Waals surface area contributed by atoms with Gasteiger partial charge in [0.1, 0.15) is 11.5 Å². The third kappa shape index (κ3) is 4.07. The van der Waals surface area contributed by atoms with E-state index in [2.05, 4.69) is 25.3 Å². The number of nitrogens with one attached hydrogen (secondary N) is 1. The Morgan fingerprint density at radius 3 is 2.93 bits per heavy atom. The van der Waals surface area contributed by atoms with Gasteiger partial charge in [0.15, 0.2) is 5.82 Å². The number of aromatic nitrogens is 4. The number of anilines is 2. The molecule has 0 unspecified atom stereocenters. The lowest BCUT2D eigenvalue weighted by atomic mass is 10.1. The minimum absolute atomic E-state index is 0.0393. The molecule has 3 aromatic heterocycles. The second kappa shape index (κ2) is 8.26. The van der Waals surface area contributed by atoms with Crippen LogP contribution in [0.15, 0.2) is 48.2 Å². The zero-order valence-corrected chi connectivity index (χ0v) is 16.3. The van der Waals surface area contributed by atoms with Gasteiger partial charge in [-0.2, -0.15) is 0 Å². The first-order chi connectivity index (χ1) is 13.7. The molecule has 1 saturated heterocycles. The minimum Gasteiger partial charge on any atom is -0.330 e. The quantitative estimate of drug-likeness (QED) is 0.666. The molecule has 0 spiro atoms. The van der Waals surface area contributed by atoms with Gasteiger partial charge in [0, 0.05) is 36.6 Å². The molecule has 8 heteroatoms. The fraction of sp³-hybridized carbons (Fsp3) is 0.250. The highest BCUT2D eigenvalue weighted by atomic mass is 32.1. The summed E-state index contributed by atoms with van der Waals surface area (Å²) in [5.74, 6) is 1.28. The van der Waals surface area contributed by atoms with Crippen molar-refractivity contribution < 1.29 is 4.79 Å². The van der Waals surface area contributed by atoms with Crippen molar-refractivity contribution in [1.29, 1.82) is 0 Å². The molecule has 28 heavy (non-hydrogen) atoms. The Kier molecular flexibility index (Phi) is 5.38. The van der Waals surface area contributed by atoms with Gasteiger partial charge < -0.3 is 10.2 Å². The lowest BCUT2D eigenvalue weighted by Gasteiger charge is -2.24. The summed E-state index contributed by atoms with van der Waals surface area (Å²) in [4.78, 5) is 32.3. The van der Waals surface area contributed by atoms with Crippen molar-refractivity contribution >= 4 is 35.0 Å². The number of carbonyl (C=O) groups excluding carboxylic acids is 1. The predicted molar refractivity (Wildman–Crippen MR) is 109 cm³/mol. The van der Waals surface area contributed by atoms with Gasteiger partial charge in [-0.25, -0.2) is 15.0 Å². The topological polar surface area (TPSA) is 83.9 Å². The molecule has 3 aromatic rings. The van der Waals surface area contributed by atoms with E-state index < -0.39 is 0 Å². The lowest BCUT2D eigenvalue weighted by Crippen LogP contribution is -2.30. The Hall–Kier alpha value is -3.13. The zero-order chi connectivity index (χ0) is 19.3. The summed E-state index contributed by atoms with van der Waals surface area (Å²) in [5, 5.41) is 6.15. The van der Waals surface area contributed by atoms with Gasteiger partial charge in [0.2, 0.25) is 5.91 Å². The standard InChI is InChI=1S/C20H20N6OS/c1-14-24-15(13-28-14)7-8-18(27)26-12-4-5-16(26)19-20(23-11-10-22-19)25-17-6-2-3-9-21-17/h2-3,6-11,13,16H,4-5,12H2,1H3,(H,21,23,25)/b8-7+/t16-/m1/s1. The van der Waals surface area contributed by atoms with E-state index in [-0.39, 0.29) is 11.9 Å². The fourth-order valence-electron chi connectivity index (χ4n) is 3.27. The lowest BCUT2D eigenvalue weighted by molar-refractivity contribution is -0.126. The molecular formula is C20H20N6OS. The molecule has 0 radical (unpaired) electrons. The molecule has 1 fully saturated rings. The monoisotopic (exact) mass is 392 g/mol. The van der Waals surface area contributed by atoms with Gasteiger partial charge in [-0.15, -0.1) is 11.3 Å². The van der Waals surface area contributed by atoms with E-state index in [0.29, 0.717) is 18.2 Å². The molecule has 4 rings (SSSR count). The molecule has 1 atom stereocenters. The summed E-state index contributed by atoms with van der Waals surface area (Å²) in [7, 11) is 0. The highest BCUT2D eigenvalue weighted by molar-refractivity contribution is 7.09. The highest BCUT2D eigenvalue weighted by Crippen LogP contribution is 2.34. The minimum atomic E-state index is -0.116. The average Bonchev–Trinajstić information content (AvgIpc) is 3.36. The van der Waals surface area contributed by atoms with E-state index in [9.17, 15) is 4.79 Å². The molecule has 1 aliphatic heterocycles. The van der Waals surface area contributed by atoms with Crippen LogP contribution in [0.2, 0.25) is 0 Å². The van der Waals surface area contributed by atoms with E-state index in [0.717, 1.165) is 29.2 Å². The number of likely N-dealkylation sites (tertiary alicyclic amines) is 1. The second-order valence-electron chi connectivity index (χ2n) is 6.44. The molecule has 7 nitrogen and oxygen atoms in total. The van der Waals surface area contributed by atoms with Gasteiger partial charge >= 0.3 is 0 Å². The van der Waals surface area contributed by atoms with E-state index in [1.54, 1.807) is 42.1 Å². The fourth-order valence-corrected chi connectivity index (χ4v) is 3.85.